The Morgan fingerprint density at radius 2 is 1.78 bits per heavy atom. The third-order valence-corrected chi connectivity index (χ3v) is 12.5. The van der Waals surface area contributed by atoms with Crippen LogP contribution in [0.3, 0.4) is 0 Å². The predicted molar refractivity (Wildman–Crippen MR) is 201 cm³/mol. The zero-order valence-electron chi connectivity index (χ0n) is 30.7. The molecule has 1 aliphatic carbocycles. The third kappa shape index (κ3) is 6.44. The summed E-state index contributed by atoms with van der Waals surface area (Å²) in [6.45, 7) is 10.0. The van der Waals surface area contributed by atoms with Gasteiger partial charge in [-0.15, -0.1) is 0 Å². The van der Waals surface area contributed by atoms with Crippen LogP contribution >= 0.6 is 0 Å². The van der Waals surface area contributed by atoms with Gasteiger partial charge in [-0.25, -0.2) is 4.98 Å². The Morgan fingerprint density at radius 3 is 2.48 bits per heavy atom. The molecular formula is C40H47F3N8O3. The number of aromatic amines is 1. The Balaban J connectivity index is 1.18. The summed E-state index contributed by atoms with van der Waals surface area (Å²) >= 11 is 0. The van der Waals surface area contributed by atoms with E-state index < -0.39 is 12.8 Å². The van der Waals surface area contributed by atoms with Crippen LogP contribution in [0.15, 0.2) is 37.1 Å². The van der Waals surface area contributed by atoms with Gasteiger partial charge in [0.05, 0.1) is 17.8 Å². The second kappa shape index (κ2) is 13.4. The fourth-order valence-electron chi connectivity index (χ4n) is 9.37. The number of ether oxygens (including phenoxy) is 1. The Labute approximate surface area is 312 Å². The molecule has 1 amide bonds. The highest BCUT2D eigenvalue weighted by atomic mass is 19.4. The van der Waals surface area contributed by atoms with Crippen molar-refractivity contribution >= 4 is 39.5 Å². The molecule has 5 aliphatic rings. The van der Waals surface area contributed by atoms with Crippen molar-refractivity contribution in [3.63, 3.8) is 0 Å². The second-order valence-electron chi connectivity index (χ2n) is 16.2. The fourth-order valence-corrected chi connectivity index (χ4v) is 9.37. The van der Waals surface area contributed by atoms with E-state index >= 15 is 0 Å². The summed E-state index contributed by atoms with van der Waals surface area (Å²) < 4.78 is 48.4. The minimum absolute atomic E-state index is 0.0408. The number of hydrogen-bond donors (Lipinski definition) is 2. The van der Waals surface area contributed by atoms with Gasteiger partial charge in [0.1, 0.15) is 11.3 Å². The largest absolute Gasteiger partial charge is 0.481 e. The van der Waals surface area contributed by atoms with Gasteiger partial charge in [0.2, 0.25) is 11.9 Å². The van der Waals surface area contributed by atoms with E-state index in [4.69, 9.17) is 14.7 Å². The molecule has 0 bridgehead atoms. The van der Waals surface area contributed by atoms with Crippen LogP contribution < -0.4 is 14.5 Å². The number of halogens is 3. The summed E-state index contributed by atoms with van der Waals surface area (Å²) in [5.41, 5.74) is 4.54. The summed E-state index contributed by atoms with van der Waals surface area (Å²) in [5, 5.41) is 19.0. The number of amides is 1. The minimum atomic E-state index is -4.57. The molecule has 2 aromatic heterocycles. The van der Waals surface area contributed by atoms with Crippen LogP contribution in [-0.4, -0.2) is 118 Å². The zero-order chi connectivity index (χ0) is 37.4. The van der Waals surface area contributed by atoms with E-state index in [0.717, 1.165) is 91.4 Å². The topological polar surface area (TPSA) is 114 Å². The zero-order valence-corrected chi connectivity index (χ0v) is 30.7. The van der Waals surface area contributed by atoms with Crippen LogP contribution in [0.25, 0.3) is 32.9 Å². The number of alkyl halides is 3. The number of benzene rings is 2. The molecule has 2 N–H and O–H groups in total. The molecule has 0 unspecified atom stereocenters. The van der Waals surface area contributed by atoms with Crippen molar-refractivity contribution in [2.45, 2.75) is 76.1 Å². The van der Waals surface area contributed by atoms with Crippen LogP contribution in [0.4, 0.5) is 24.9 Å². The van der Waals surface area contributed by atoms with Gasteiger partial charge in [0.25, 0.3) is 0 Å². The lowest BCUT2D eigenvalue weighted by Crippen LogP contribution is -2.61. The van der Waals surface area contributed by atoms with Gasteiger partial charge in [-0.05, 0) is 92.7 Å². The maximum atomic E-state index is 14.1. The van der Waals surface area contributed by atoms with Gasteiger partial charge in [0.15, 0.2) is 12.4 Å². The number of aromatic nitrogens is 4. The summed E-state index contributed by atoms with van der Waals surface area (Å²) in [6, 6.07) is 6.31. The van der Waals surface area contributed by atoms with E-state index in [0.29, 0.717) is 61.7 Å². The Bertz CT molecular complexity index is 2090. The van der Waals surface area contributed by atoms with Crippen LogP contribution in [0.2, 0.25) is 0 Å². The molecule has 4 aromatic rings. The van der Waals surface area contributed by atoms with Gasteiger partial charge in [-0.2, -0.15) is 23.3 Å². The van der Waals surface area contributed by atoms with E-state index in [1.165, 1.54) is 6.08 Å². The SMILES string of the molecule is C=CC(=O)N1CC2(CCN(c3nc(N4CC[C@H](N5CCC(O)CC5)C4)nc4c(OCC(F)(F)F)c(-c5c(C)ccc6[nH]ncc56)c(C5CC5)cc34)CC2)C1. The number of H-pyrrole nitrogens is 1. The number of rotatable bonds is 8. The lowest BCUT2D eigenvalue weighted by molar-refractivity contribution is -0.153. The number of nitrogens with one attached hydrogen (secondary N) is 1. The average molecular weight is 745 g/mol. The maximum absolute atomic E-state index is 14.1. The Kier molecular flexibility index (Phi) is 8.75. The monoisotopic (exact) mass is 744 g/mol. The molecule has 2 aromatic carbocycles. The number of carbonyl (C=O) groups is 1. The van der Waals surface area contributed by atoms with Gasteiger partial charge in [0, 0.05) is 80.2 Å². The number of aryl methyl sites for hydroxylation is 1. The van der Waals surface area contributed by atoms with Gasteiger partial charge in [-0.3, -0.25) is 14.8 Å². The first-order valence-corrected chi connectivity index (χ1v) is 19.3. The maximum Gasteiger partial charge on any atom is 0.422 e. The molecule has 11 nitrogen and oxygen atoms in total. The molecule has 1 saturated carbocycles. The van der Waals surface area contributed by atoms with Crippen LogP contribution in [0.1, 0.15) is 62.0 Å². The highest BCUT2D eigenvalue weighted by Crippen LogP contribution is 2.53. The standard InChI is InChI=1S/C40H47F3N8O3/c1-3-32(53)51-21-39(22-51)11-16-49(17-12-39)37-29-18-28(25-5-6-25)34(33-24(2)4-7-31-30(33)19-44-47-31)36(54-23-40(41,42)43)35(29)45-38(46-37)50-13-8-26(20-50)48-14-9-27(52)10-15-48/h3-4,7,18-19,25-27,52H,1,5-6,8-17,20-23H2,2H3,(H,44,47)/t26-/m0/s1. The summed E-state index contributed by atoms with van der Waals surface area (Å²) in [4.78, 5) is 31.4. The summed E-state index contributed by atoms with van der Waals surface area (Å²) in [6.07, 6.45) is 4.28. The molecule has 1 spiro atoms. The molecule has 0 radical (unpaired) electrons. The summed E-state index contributed by atoms with van der Waals surface area (Å²) in [5.74, 6) is 1.47. The number of piperidine rings is 2. The molecule has 5 fully saturated rings. The lowest BCUT2D eigenvalue weighted by Gasteiger charge is -2.54. The number of aliphatic hydroxyl groups excluding tert-OH is 1. The number of carbonyl (C=O) groups excluding carboxylic acids is 1. The van der Waals surface area contributed by atoms with Gasteiger partial charge < -0.3 is 24.5 Å². The van der Waals surface area contributed by atoms with E-state index in [1.54, 1.807) is 6.20 Å². The lowest BCUT2D eigenvalue weighted by atomic mass is 9.72. The predicted octanol–water partition coefficient (Wildman–Crippen LogP) is 5.95. The molecule has 9 rings (SSSR count). The average Bonchev–Trinajstić information content (AvgIpc) is 3.67. The number of nitrogens with zero attached hydrogens (tertiary/aromatic N) is 7. The smallest absolute Gasteiger partial charge is 0.422 e. The van der Waals surface area contributed by atoms with Crippen molar-refractivity contribution in [3.8, 4) is 16.9 Å². The van der Waals surface area contributed by atoms with Gasteiger partial charge >= 0.3 is 6.18 Å². The highest BCUT2D eigenvalue weighted by Gasteiger charge is 2.47. The van der Waals surface area contributed by atoms with Crippen molar-refractivity contribution in [2.24, 2.45) is 5.41 Å². The van der Waals surface area contributed by atoms with E-state index in [1.807, 2.05) is 24.0 Å². The van der Waals surface area contributed by atoms with E-state index in [9.17, 15) is 23.1 Å². The fraction of sp³-hybridized carbons (Fsp3) is 0.550. The minimum Gasteiger partial charge on any atom is -0.481 e. The molecule has 4 aliphatic heterocycles. The second-order valence-corrected chi connectivity index (χ2v) is 16.2. The summed E-state index contributed by atoms with van der Waals surface area (Å²) in [7, 11) is 0. The van der Waals surface area contributed by atoms with Crippen molar-refractivity contribution in [1.29, 1.82) is 0 Å². The van der Waals surface area contributed by atoms with Crippen molar-refractivity contribution in [2.75, 3.05) is 68.8 Å². The molecule has 14 heteroatoms. The van der Waals surface area contributed by atoms with Crippen molar-refractivity contribution < 1.29 is 27.8 Å². The Hall–Kier alpha value is -4.43. The van der Waals surface area contributed by atoms with Gasteiger partial charge in [-0.1, -0.05) is 12.6 Å². The number of aliphatic hydroxyl groups is 1. The number of hydrogen-bond acceptors (Lipinski definition) is 9. The molecule has 6 heterocycles. The van der Waals surface area contributed by atoms with E-state index in [2.05, 4.69) is 37.5 Å². The normalized spacial score (nSPS) is 22.4. The van der Waals surface area contributed by atoms with Crippen molar-refractivity contribution in [3.05, 3.63) is 48.2 Å². The molecule has 286 valence electrons. The molecule has 54 heavy (non-hydrogen) atoms. The first-order valence-electron chi connectivity index (χ1n) is 19.3. The number of anilines is 2. The first-order chi connectivity index (χ1) is 26.0. The Morgan fingerprint density at radius 1 is 1.02 bits per heavy atom. The third-order valence-electron chi connectivity index (χ3n) is 12.5. The quantitative estimate of drug-likeness (QED) is 0.212. The van der Waals surface area contributed by atoms with Crippen LogP contribution in [0.5, 0.6) is 5.75 Å². The number of fused-ring (bicyclic) bond motifs is 2. The molecular weight excluding hydrogens is 697 g/mol. The molecule has 1 atom stereocenters. The van der Waals surface area contributed by atoms with Crippen LogP contribution in [-0.2, 0) is 4.79 Å². The number of likely N-dealkylation sites (tertiary alicyclic amines) is 2. The van der Waals surface area contributed by atoms with Crippen molar-refractivity contribution in [1.82, 2.24) is 30.0 Å². The van der Waals surface area contributed by atoms with E-state index in [-0.39, 0.29) is 35.1 Å². The molecule has 4 saturated heterocycles. The first kappa shape index (κ1) is 35.3. The van der Waals surface area contributed by atoms with Crippen LogP contribution in [0, 0.1) is 12.3 Å². The highest BCUT2D eigenvalue weighted by molar-refractivity contribution is 6.06.